The molecule has 21 heavy (non-hydrogen) atoms. The Labute approximate surface area is 124 Å². The Morgan fingerprint density at radius 1 is 1.10 bits per heavy atom. The van der Waals surface area contributed by atoms with Gasteiger partial charge in [-0.25, -0.2) is 0 Å². The molecule has 0 bridgehead atoms. The number of hydrogen-bond donors (Lipinski definition) is 0. The fourth-order valence-corrected chi connectivity index (χ4v) is 2.11. The Kier molecular flexibility index (Phi) is 4.39. The van der Waals surface area contributed by atoms with Crippen molar-refractivity contribution < 1.29 is 17.9 Å². The molecule has 0 heterocycles. The number of benzene rings is 2. The maximum atomic E-state index is 12.1. The van der Waals surface area contributed by atoms with Crippen LogP contribution >= 0.6 is 11.6 Å². The van der Waals surface area contributed by atoms with E-state index in [9.17, 15) is 13.2 Å². The highest BCUT2D eigenvalue weighted by Crippen LogP contribution is 2.30. The standard InChI is InChI=1S/C15H9ClF3NO/c16-12-3-6-14(11(9-12)7-8-20)10-1-4-13(5-2-10)21-15(17,18)19/h1-6,9H,7H2. The van der Waals surface area contributed by atoms with Gasteiger partial charge in [-0.15, -0.1) is 13.2 Å². The van der Waals surface area contributed by atoms with E-state index in [1.165, 1.54) is 24.3 Å². The number of halogens is 4. The molecule has 0 saturated carbocycles. The summed E-state index contributed by atoms with van der Waals surface area (Å²) in [6.45, 7) is 0. The summed E-state index contributed by atoms with van der Waals surface area (Å²) in [5.41, 5.74) is 2.15. The van der Waals surface area contributed by atoms with Gasteiger partial charge in [-0.3, -0.25) is 0 Å². The van der Waals surface area contributed by atoms with E-state index in [2.05, 4.69) is 4.74 Å². The van der Waals surface area contributed by atoms with Gasteiger partial charge in [0.25, 0.3) is 0 Å². The molecule has 0 aliphatic carbocycles. The van der Waals surface area contributed by atoms with E-state index in [1.807, 2.05) is 6.07 Å². The second-order valence-corrected chi connectivity index (χ2v) is 4.64. The summed E-state index contributed by atoms with van der Waals surface area (Å²) >= 11 is 5.88. The molecule has 0 saturated heterocycles. The first kappa shape index (κ1) is 15.2. The molecule has 0 fully saturated rings. The zero-order valence-corrected chi connectivity index (χ0v) is 11.4. The summed E-state index contributed by atoms with van der Waals surface area (Å²) in [5, 5.41) is 9.32. The van der Waals surface area contributed by atoms with Crippen molar-refractivity contribution >= 4 is 11.6 Å². The van der Waals surface area contributed by atoms with E-state index < -0.39 is 6.36 Å². The Morgan fingerprint density at radius 2 is 1.76 bits per heavy atom. The van der Waals surface area contributed by atoms with Crippen molar-refractivity contribution in [1.29, 1.82) is 5.26 Å². The Balaban J connectivity index is 2.33. The Bertz CT molecular complexity index is 675. The highest BCUT2D eigenvalue weighted by atomic mass is 35.5. The second kappa shape index (κ2) is 6.06. The van der Waals surface area contributed by atoms with Gasteiger partial charge in [-0.1, -0.05) is 29.8 Å². The van der Waals surface area contributed by atoms with E-state index in [4.69, 9.17) is 16.9 Å². The molecule has 2 rings (SSSR count). The summed E-state index contributed by atoms with van der Waals surface area (Å²) in [6, 6.07) is 12.6. The smallest absolute Gasteiger partial charge is 0.406 e. The third-order valence-electron chi connectivity index (χ3n) is 2.74. The van der Waals surface area contributed by atoms with Crippen LogP contribution in [0.3, 0.4) is 0 Å². The van der Waals surface area contributed by atoms with Crippen LogP contribution in [0.2, 0.25) is 5.02 Å². The maximum Gasteiger partial charge on any atom is 0.573 e. The molecule has 0 aliphatic heterocycles. The minimum absolute atomic E-state index is 0.163. The molecule has 0 unspecified atom stereocenters. The van der Waals surface area contributed by atoms with Crippen LogP contribution in [-0.4, -0.2) is 6.36 Å². The number of nitriles is 1. The van der Waals surface area contributed by atoms with Crippen LogP contribution in [0.15, 0.2) is 42.5 Å². The van der Waals surface area contributed by atoms with Crippen molar-refractivity contribution in [1.82, 2.24) is 0 Å². The van der Waals surface area contributed by atoms with Gasteiger partial charge in [0, 0.05) is 5.02 Å². The first-order valence-electron chi connectivity index (χ1n) is 5.90. The molecule has 2 aromatic carbocycles. The van der Waals surface area contributed by atoms with Gasteiger partial charge in [-0.2, -0.15) is 5.26 Å². The summed E-state index contributed by atoms with van der Waals surface area (Å²) in [7, 11) is 0. The fourth-order valence-electron chi connectivity index (χ4n) is 1.91. The molecular weight excluding hydrogens is 303 g/mol. The summed E-state index contributed by atoms with van der Waals surface area (Å²) < 4.78 is 40.1. The Hall–Kier alpha value is -2.19. The van der Waals surface area contributed by atoms with Crippen molar-refractivity contribution in [2.45, 2.75) is 12.8 Å². The predicted octanol–water partition coefficient (Wildman–Crippen LogP) is 4.97. The lowest BCUT2D eigenvalue weighted by atomic mass is 9.98. The summed E-state index contributed by atoms with van der Waals surface area (Å²) in [4.78, 5) is 0. The lowest BCUT2D eigenvalue weighted by molar-refractivity contribution is -0.274. The first-order chi connectivity index (χ1) is 9.89. The molecule has 0 N–H and O–H groups in total. The van der Waals surface area contributed by atoms with Crippen LogP contribution < -0.4 is 4.74 Å². The van der Waals surface area contributed by atoms with Crippen LogP contribution in [0, 0.1) is 11.3 Å². The normalized spacial score (nSPS) is 11.0. The number of alkyl halides is 3. The zero-order valence-electron chi connectivity index (χ0n) is 10.6. The lowest BCUT2D eigenvalue weighted by Crippen LogP contribution is -2.16. The van der Waals surface area contributed by atoms with E-state index in [0.717, 1.165) is 11.1 Å². The van der Waals surface area contributed by atoms with E-state index in [0.29, 0.717) is 10.6 Å². The number of nitrogens with zero attached hydrogens (tertiary/aromatic N) is 1. The molecule has 0 radical (unpaired) electrons. The average Bonchev–Trinajstić information content (AvgIpc) is 2.39. The number of ether oxygens (including phenoxy) is 1. The van der Waals surface area contributed by atoms with Crippen molar-refractivity contribution in [3.8, 4) is 22.9 Å². The van der Waals surface area contributed by atoms with Crippen molar-refractivity contribution in [3.05, 3.63) is 53.1 Å². The van der Waals surface area contributed by atoms with Crippen molar-refractivity contribution in [2.24, 2.45) is 0 Å². The summed E-state index contributed by atoms with van der Waals surface area (Å²) in [5.74, 6) is -0.290. The van der Waals surface area contributed by atoms with Crippen molar-refractivity contribution in [2.75, 3.05) is 0 Å². The van der Waals surface area contributed by atoms with E-state index >= 15 is 0 Å². The summed E-state index contributed by atoms with van der Waals surface area (Å²) in [6.07, 6.45) is -4.55. The monoisotopic (exact) mass is 311 g/mol. The van der Waals surface area contributed by atoms with Gasteiger partial charge in [0.15, 0.2) is 0 Å². The van der Waals surface area contributed by atoms with Gasteiger partial charge in [0.2, 0.25) is 0 Å². The molecule has 2 aromatic rings. The Morgan fingerprint density at radius 3 is 2.33 bits per heavy atom. The second-order valence-electron chi connectivity index (χ2n) is 4.21. The number of rotatable bonds is 3. The van der Waals surface area contributed by atoms with Crippen LogP contribution in [0.5, 0.6) is 5.75 Å². The highest BCUT2D eigenvalue weighted by molar-refractivity contribution is 6.30. The van der Waals surface area contributed by atoms with Crippen LogP contribution in [0.25, 0.3) is 11.1 Å². The van der Waals surface area contributed by atoms with Gasteiger partial charge in [0.1, 0.15) is 5.75 Å². The molecule has 0 spiro atoms. The SMILES string of the molecule is N#CCc1cc(Cl)ccc1-c1ccc(OC(F)(F)F)cc1. The van der Waals surface area contributed by atoms with Crippen molar-refractivity contribution in [3.63, 3.8) is 0 Å². The van der Waals surface area contributed by atoms with E-state index in [-0.39, 0.29) is 12.2 Å². The number of hydrogen-bond acceptors (Lipinski definition) is 2. The van der Waals surface area contributed by atoms with E-state index in [1.54, 1.807) is 18.2 Å². The average molecular weight is 312 g/mol. The van der Waals surface area contributed by atoms with Crippen LogP contribution in [0.4, 0.5) is 13.2 Å². The van der Waals surface area contributed by atoms with Crippen LogP contribution in [0.1, 0.15) is 5.56 Å². The molecule has 0 amide bonds. The third kappa shape index (κ3) is 4.14. The fraction of sp³-hybridized carbons (Fsp3) is 0.133. The third-order valence-corrected chi connectivity index (χ3v) is 2.97. The molecule has 108 valence electrons. The highest BCUT2D eigenvalue weighted by Gasteiger charge is 2.30. The largest absolute Gasteiger partial charge is 0.573 e. The minimum atomic E-state index is -4.71. The topological polar surface area (TPSA) is 33.0 Å². The minimum Gasteiger partial charge on any atom is -0.406 e. The molecule has 6 heteroatoms. The lowest BCUT2D eigenvalue weighted by Gasteiger charge is -2.11. The first-order valence-corrected chi connectivity index (χ1v) is 6.28. The molecule has 0 aromatic heterocycles. The quantitative estimate of drug-likeness (QED) is 0.801. The maximum absolute atomic E-state index is 12.1. The molecule has 0 atom stereocenters. The van der Waals surface area contributed by atoms with Gasteiger partial charge in [-0.05, 0) is 41.0 Å². The van der Waals surface area contributed by atoms with Crippen LogP contribution in [-0.2, 0) is 6.42 Å². The molecular formula is C15H9ClF3NO. The molecule has 0 aliphatic rings. The van der Waals surface area contributed by atoms with Gasteiger partial charge in [0.05, 0.1) is 12.5 Å². The predicted molar refractivity (Wildman–Crippen MR) is 72.9 cm³/mol. The zero-order chi connectivity index (χ0) is 15.5. The molecule has 2 nitrogen and oxygen atoms in total. The van der Waals surface area contributed by atoms with Gasteiger partial charge >= 0.3 is 6.36 Å². The van der Waals surface area contributed by atoms with Gasteiger partial charge < -0.3 is 4.74 Å².